The standard InChI is InChI=1S/C19H25N3O2S/c1-13(2)22(14(3)23)12-15-11-16(8-9-17(15)21(4)5)20-19(24)18-7-6-10-25-18/h6-11,13H,12H2,1-5H3,(H,20,24). The summed E-state index contributed by atoms with van der Waals surface area (Å²) in [5, 5.41) is 4.81. The van der Waals surface area contributed by atoms with E-state index in [-0.39, 0.29) is 17.9 Å². The molecule has 0 aliphatic heterocycles. The number of hydrogen-bond donors (Lipinski definition) is 1. The van der Waals surface area contributed by atoms with Gasteiger partial charge >= 0.3 is 0 Å². The summed E-state index contributed by atoms with van der Waals surface area (Å²) in [6, 6.07) is 9.56. The van der Waals surface area contributed by atoms with Crippen molar-refractivity contribution in [2.24, 2.45) is 0 Å². The highest BCUT2D eigenvalue weighted by atomic mass is 32.1. The van der Waals surface area contributed by atoms with Crippen LogP contribution in [0.3, 0.4) is 0 Å². The van der Waals surface area contributed by atoms with Gasteiger partial charge in [0.05, 0.1) is 4.88 Å². The molecule has 0 unspecified atom stereocenters. The van der Waals surface area contributed by atoms with E-state index in [0.717, 1.165) is 16.9 Å². The van der Waals surface area contributed by atoms with E-state index in [0.29, 0.717) is 11.4 Å². The smallest absolute Gasteiger partial charge is 0.265 e. The van der Waals surface area contributed by atoms with Gasteiger partial charge in [-0.05, 0) is 49.1 Å². The molecule has 0 aliphatic carbocycles. The first kappa shape index (κ1) is 19.0. The van der Waals surface area contributed by atoms with Crippen molar-refractivity contribution in [1.29, 1.82) is 0 Å². The zero-order chi connectivity index (χ0) is 18.6. The molecule has 0 fully saturated rings. The summed E-state index contributed by atoms with van der Waals surface area (Å²) in [6.45, 7) is 6.08. The van der Waals surface area contributed by atoms with Crippen LogP contribution < -0.4 is 10.2 Å². The third-order valence-corrected chi connectivity index (χ3v) is 4.80. The first-order valence-corrected chi connectivity index (χ1v) is 9.10. The molecule has 0 saturated carbocycles. The van der Waals surface area contributed by atoms with E-state index in [1.54, 1.807) is 13.0 Å². The zero-order valence-corrected chi connectivity index (χ0v) is 16.2. The number of nitrogens with one attached hydrogen (secondary N) is 1. The molecule has 2 rings (SSSR count). The minimum atomic E-state index is -0.120. The molecule has 0 bridgehead atoms. The summed E-state index contributed by atoms with van der Waals surface area (Å²) in [4.78, 5) is 28.7. The number of hydrogen-bond acceptors (Lipinski definition) is 4. The minimum absolute atomic E-state index is 0.0349. The molecule has 6 heteroatoms. The molecule has 0 spiro atoms. The number of nitrogens with zero attached hydrogens (tertiary/aromatic N) is 2. The normalized spacial score (nSPS) is 10.6. The Hall–Kier alpha value is -2.34. The largest absolute Gasteiger partial charge is 0.377 e. The van der Waals surface area contributed by atoms with Gasteiger partial charge in [0.15, 0.2) is 0 Å². The molecule has 25 heavy (non-hydrogen) atoms. The summed E-state index contributed by atoms with van der Waals surface area (Å²) in [6.07, 6.45) is 0. The number of anilines is 2. The summed E-state index contributed by atoms with van der Waals surface area (Å²) < 4.78 is 0. The van der Waals surface area contributed by atoms with Gasteiger partial charge in [-0.2, -0.15) is 0 Å². The van der Waals surface area contributed by atoms with Crippen LogP contribution in [0.2, 0.25) is 0 Å². The predicted molar refractivity (Wildman–Crippen MR) is 104 cm³/mol. The first-order chi connectivity index (χ1) is 11.8. The van der Waals surface area contributed by atoms with E-state index < -0.39 is 0 Å². The lowest BCUT2D eigenvalue weighted by atomic mass is 10.1. The molecule has 0 saturated heterocycles. The first-order valence-electron chi connectivity index (χ1n) is 8.22. The Balaban J connectivity index is 2.29. The van der Waals surface area contributed by atoms with Gasteiger partial charge in [0.25, 0.3) is 5.91 Å². The van der Waals surface area contributed by atoms with Gasteiger partial charge < -0.3 is 15.1 Å². The Labute approximate surface area is 153 Å². The molecule has 0 radical (unpaired) electrons. The van der Waals surface area contributed by atoms with Crippen molar-refractivity contribution in [1.82, 2.24) is 4.90 Å². The van der Waals surface area contributed by atoms with Gasteiger partial charge in [-0.25, -0.2) is 0 Å². The molecule has 1 N–H and O–H groups in total. The Morgan fingerprint density at radius 2 is 1.92 bits per heavy atom. The number of amides is 2. The molecule has 1 heterocycles. The summed E-state index contributed by atoms with van der Waals surface area (Å²) in [5.41, 5.74) is 2.75. The Bertz CT molecular complexity index is 739. The van der Waals surface area contributed by atoms with Gasteiger partial charge in [0.1, 0.15) is 0 Å². The van der Waals surface area contributed by atoms with Gasteiger partial charge in [-0.15, -0.1) is 11.3 Å². The second kappa shape index (κ2) is 8.16. The Kier molecular flexibility index (Phi) is 6.20. The maximum atomic E-state index is 12.3. The third-order valence-electron chi connectivity index (χ3n) is 3.93. The van der Waals surface area contributed by atoms with Crippen LogP contribution in [-0.4, -0.2) is 36.9 Å². The fraction of sp³-hybridized carbons (Fsp3) is 0.368. The van der Waals surface area contributed by atoms with Crippen molar-refractivity contribution in [3.8, 4) is 0 Å². The molecule has 1 aromatic heterocycles. The van der Waals surface area contributed by atoms with Crippen LogP contribution in [0.25, 0.3) is 0 Å². The molecule has 1 aromatic carbocycles. The van der Waals surface area contributed by atoms with Crippen LogP contribution in [0, 0.1) is 0 Å². The second-order valence-corrected chi connectivity index (χ2v) is 7.36. The van der Waals surface area contributed by atoms with Gasteiger partial charge in [-0.3, -0.25) is 9.59 Å². The van der Waals surface area contributed by atoms with Gasteiger partial charge in [0.2, 0.25) is 5.91 Å². The van der Waals surface area contributed by atoms with Gasteiger partial charge in [0, 0.05) is 45.0 Å². The Morgan fingerprint density at radius 1 is 1.20 bits per heavy atom. The third kappa shape index (κ3) is 4.82. The fourth-order valence-corrected chi connectivity index (χ4v) is 3.29. The maximum Gasteiger partial charge on any atom is 0.265 e. The lowest BCUT2D eigenvalue weighted by Gasteiger charge is -2.28. The van der Waals surface area contributed by atoms with Crippen LogP contribution in [0.1, 0.15) is 36.0 Å². The summed E-state index contributed by atoms with van der Waals surface area (Å²) in [7, 11) is 3.94. The molecule has 2 amide bonds. The van der Waals surface area contributed by atoms with Crippen molar-refractivity contribution in [3.63, 3.8) is 0 Å². The molecule has 134 valence electrons. The van der Waals surface area contributed by atoms with Crippen molar-refractivity contribution in [2.45, 2.75) is 33.4 Å². The molecular weight excluding hydrogens is 334 g/mol. The van der Waals surface area contributed by atoms with E-state index in [1.165, 1.54) is 11.3 Å². The number of benzene rings is 1. The number of carbonyl (C=O) groups excluding carboxylic acids is 2. The monoisotopic (exact) mass is 359 g/mol. The average molecular weight is 359 g/mol. The number of carbonyl (C=O) groups is 2. The maximum absolute atomic E-state index is 12.3. The van der Waals surface area contributed by atoms with E-state index in [2.05, 4.69) is 5.32 Å². The summed E-state index contributed by atoms with van der Waals surface area (Å²) in [5.74, 6) is -0.0847. The van der Waals surface area contributed by atoms with Crippen molar-refractivity contribution in [2.75, 3.05) is 24.3 Å². The van der Waals surface area contributed by atoms with E-state index in [9.17, 15) is 9.59 Å². The van der Waals surface area contributed by atoms with Gasteiger partial charge in [-0.1, -0.05) is 6.07 Å². The van der Waals surface area contributed by atoms with E-state index in [1.807, 2.05) is 67.4 Å². The predicted octanol–water partition coefficient (Wildman–Crippen LogP) is 3.82. The van der Waals surface area contributed by atoms with Crippen LogP contribution in [0.5, 0.6) is 0 Å². The lowest BCUT2D eigenvalue weighted by Crippen LogP contribution is -2.35. The fourth-order valence-electron chi connectivity index (χ4n) is 2.67. The van der Waals surface area contributed by atoms with Crippen molar-refractivity contribution in [3.05, 3.63) is 46.2 Å². The van der Waals surface area contributed by atoms with Crippen LogP contribution >= 0.6 is 11.3 Å². The number of rotatable bonds is 6. The molecule has 0 atom stereocenters. The van der Waals surface area contributed by atoms with Crippen LogP contribution in [0.15, 0.2) is 35.7 Å². The topological polar surface area (TPSA) is 52.7 Å². The minimum Gasteiger partial charge on any atom is -0.377 e. The lowest BCUT2D eigenvalue weighted by molar-refractivity contribution is -0.131. The molecule has 0 aliphatic rings. The number of thiophene rings is 1. The molecule has 2 aromatic rings. The van der Waals surface area contributed by atoms with Crippen molar-refractivity contribution >= 4 is 34.5 Å². The quantitative estimate of drug-likeness (QED) is 0.853. The van der Waals surface area contributed by atoms with Crippen LogP contribution in [0.4, 0.5) is 11.4 Å². The zero-order valence-electron chi connectivity index (χ0n) is 15.4. The second-order valence-electron chi connectivity index (χ2n) is 6.41. The highest BCUT2D eigenvalue weighted by molar-refractivity contribution is 7.12. The average Bonchev–Trinajstić information content (AvgIpc) is 3.06. The molecule has 5 nitrogen and oxygen atoms in total. The summed E-state index contributed by atoms with van der Waals surface area (Å²) >= 11 is 1.41. The van der Waals surface area contributed by atoms with Crippen LogP contribution in [-0.2, 0) is 11.3 Å². The SMILES string of the molecule is CC(=O)N(Cc1cc(NC(=O)c2cccs2)ccc1N(C)C)C(C)C. The van der Waals surface area contributed by atoms with E-state index in [4.69, 9.17) is 0 Å². The highest BCUT2D eigenvalue weighted by Crippen LogP contribution is 2.26. The molecular formula is C19H25N3O2S. The highest BCUT2D eigenvalue weighted by Gasteiger charge is 2.17. The van der Waals surface area contributed by atoms with Crippen molar-refractivity contribution < 1.29 is 9.59 Å². The van der Waals surface area contributed by atoms with E-state index >= 15 is 0 Å². The Morgan fingerprint density at radius 3 is 2.44 bits per heavy atom.